The van der Waals surface area contributed by atoms with Gasteiger partial charge in [-0.05, 0) is 19.3 Å². The number of carbonyl (C=O) groups is 2. The molecule has 0 aromatic rings. The summed E-state index contributed by atoms with van der Waals surface area (Å²) in [7, 11) is -3.29. The minimum Gasteiger partial charge on any atom is -0.339 e. The summed E-state index contributed by atoms with van der Waals surface area (Å²) in [5.41, 5.74) is 0. The molecule has 0 aliphatic heterocycles. The number of carbonyl (C=O) groups excluding carboxylic acids is 2. The molecule has 0 aliphatic carbocycles. The Morgan fingerprint density at radius 2 is 0.975 bits per heavy atom. The van der Waals surface area contributed by atoms with Gasteiger partial charge in [-0.2, -0.15) is 0 Å². The van der Waals surface area contributed by atoms with E-state index in [1.807, 2.05) is 13.8 Å². The fourth-order valence-electron chi connectivity index (χ4n) is 4.35. The van der Waals surface area contributed by atoms with Gasteiger partial charge in [0.05, 0.1) is 26.0 Å². The minimum atomic E-state index is -3.29. The highest BCUT2D eigenvalue weighted by molar-refractivity contribution is 7.53. The molecule has 9 heteroatoms. The number of unbranched alkanes of at least 4 members (excludes halogenated alkanes) is 17. The average Bonchev–Trinajstić information content (AvgIpc) is 2.94. The molecule has 3 amide bonds. The maximum absolute atomic E-state index is 12.9. The molecule has 40 heavy (non-hydrogen) atoms. The van der Waals surface area contributed by atoms with Gasteiger partial charge in [0.2, 0.25) is 5.91 Å². The molecule has 8 nitrogen and oxygen atoms in total. The normalized spacial score (nSPS) is 11.5. The lowest BCUT2D eigenvalue weighted by Crippen LogP contribution is -2.43. The van der Waals surface area contributed by atoms with E-state index in [4.69, 9.17) is 9.05 Å². The van der Waals surface area contributed by atoms with Crippen molar-refractivity contribution < 1.29 is 23.2 Å². The molecule has 0 rings (SSSR count). The minimum absolute atomic E-state index is 0.0258. The summed E-state index contributed by atoms with van der Waals surface area (Å²) in [5.74, 6) is -0.295. The van der Waals surface area contributed by atoms with Crippen molar-refractivity contribution in [2.75, 3.05) is 32.6 Å². The number of amides is 3. The van der Waals surface area contributed by atoms with Crippen LogP contribution in [0, 0.1) is 0 Å². The molecule has 0 saturated carbocycles. The van der Waals surface area contributed by atoms with E-state index >= 15 is 0 Å². The summed E-state index contributed by atoms with van der Waals surface area (Å²) in [6.45, 7) is 7.72. The Balaban J connectivity index is 3.63. The molecule has 0 atom stereocenters. The maximum atomic E-state index is 12.9. The number of nitrogens with one attached hydrogen (secondary N) is 3. The van der Waals surface area contributed by atoms with E-state index in [1.165, 1.54) is 89.9 Å². The fourth-order valence-corrected chi connectivity index (χ4v) is 5.97. The van der Waals surface area contributed by atoms with Crippen LogP contribution in [-0.2, 0) is 18.4 Å². The summed E-state index contributed by atoms with van der Waals surface area (Å²) in [5, 5.41) is 8.11. The predicted octanol–water partition coefficient (Wildman–Crippen LogP) is 8.84. The highest BCUT2D eigenvalue weighted by atomic mass is 31.2. The largest absolute Gasteiger partial charge is 0.339 e. The molecule has 0 aromatic carbocycles. The summed E-state index contributed by atoms with van der Waals surface area (Å²) in [6.07, 6.45) is 24.7. The van der Waals surface area contributed by atoms with Gasteiger partial charge in [-0.1, -0.05) is 130 Å². The molecular weight excluding hydrogens is 525 g/mol. The number of urea groups is 1. The van der Waals surface area contributed by atoms with Gasteiger partial charge < -0.3 is 25.0 Å². The van der Waals surface area contributed by atoms with Gasteiger partial charge in [0.25, 0.3) is 0 Å². The molecule has 0 aromatic heterocycles. The van der Waals surface area contributed by atoms with Crippen LogP contribution in [0.2, 0.25) is 0 Å². The van der Waals surface area contributed by atoms with E-state index in [1.54, 1.807) is 0 Å². The highest BCUT2D eigenvalue weighted by Gasteiger charge is 2.25. The van der Waals surface area contributed by atoms with Crippen molar-refractivity contribution in [3.8, 4) is 0 Å². The molecule has 0 bridgehead atoms. The van der Waals surface area contributed by atoms with Crippen LogP contribution in [0.15, 0.2) is 0 Å². The van der Waals surface area contributed by atoms with E-state index in [0.717, 1.165) is 38.5 Å². The Kier molecular flexibility index (Phi) is 28.6. The standard InChI is InChI=1S/C31H64N3O5P/c1-4-7-10-11-12-13-14-15-16-17-18-19-20-21-22-23-25-32-31(36)34-29-33-30(35)24-28-40(37,38-26-8-5-2)39-27-9-6-3/h4-29H2,1-3H3,(H,33,35)(H2,32,34,36). The zero-order chi connectivity index (χ0) is 29.6. The zero-order valence-electron chi connectivity index (χ0n) is 26.4. The maximum Gasteiger partial charge on any atom is 0.331 e. The molecule has 3 N–H and O–H groups in total. The first-order valence-corrected chi connectivity index (χ1v) is 18.4. The van der Waals surface area contributed by atoms with E-state index < -0.39 is 7.60 Å². The number of rotatable bonds is 30. The van der Waals surface area contributed by atoms with Crippen molar-refractivity contribution >= 4 is 19.5 Å². The van der Waals surface area contributed by atoms with Gasteiger partial charge in [0.1, 0.15) is 0 Å². The third-order valence-corrected chi connectivity index (χ3v) is 8.96. The lowest BCUT2D eigenvalue weighted by Gasteiger charge is -2.18. The Bertz CT molecular complexity index is 622. The molecule has 0 spiro atoms. The number of hydrogen-bond acceptors (Lipinski definition) is 5. The van der Waals surface area contributed by atoms with E-state index in [2.05, 4.69) is 22.9 Å². The van der Waals surface area contributed by atoms with Crippen LogP contribution in [0.4, 0.5) is 4.79 Å². The van der Waals surface area contributed by atoms with Crippen LogP contribution in [0.3, 0.4) is 0 Å². The lowest BCUT2D eigenvalue weighted by atomic mass is 10.0. The first-order valence-electron chi connectivity index (χ1n) is 16.6. The fraction of sp³-hybridized carbons (Fsp3) is 0.935. The van der Waals surface area contributed by atoms with Crippen LogP contribution >= 0.6 is 7.60 Å². The van der Waals surface area contributed by atoms with Crippen molar-refractivity contribution in [1.82, 2.24) is 16.0 Å². The Morgan fingerprint density at radius 3 is 1.43 bits per heavy atom. The van der Waals surface area contributed by atoms with Crippen molar-refractivity contribution in [1.29, 1.82) is 0 Å². The predicted molar refractivity (Wildman–Crippen MR) is 168 cm³/mol. The van der Waals surface area contributed by atoms with Crippen molar-refractivity contribution in [2.24, 2.45) is 0 Å². The van der Waals surface area contributed by atoms with Gasteiger partial charge in [-0.3, -0.25) is 9.36 Å². The Labute approximate surface area is 246 Å². The van der Waals surface area contributed by atoms with Crippen LogP contribution in [0.1, 0.15) is 156 Å². The Hall–Kier alpha value is -1.11. The topological polar surface area (TPSA) is 106 Å². The first-order chi connectivity index (χ1) is 19.5. The quantitative estimate of drug-likeness (QED) is 0.0441. The summed E-state index contributed by atoms with van der Waals surface area (Å²) >= 11 is 0. The summed E-state index contributed by atoms with van der Waals surface area (Å²) < 4.78 is 23.9. The molecule has 238 valence electrons. The van der Waals surface area contributed by atoms with Gasteiger partial charge in [0, 0.05) is 13.0 Å². The number of hydrogen-bond donors (Lipinski definition) is 3. The van der Waals surface area contributed by atoms with Gasteiger partial charge >= 0.3 is 13.6 Å². The molecule has 0 unspecified atom stereocenters. The monoisotopic (exact) mass is 589 g/mol. The van der Waals surface area contributed by atoms with Gasteiger partial charge in [0.15, 0.2) is 0 Å². The van der Waals surface area contributed by atoms with Gasteiger partial charge in [-0.25, -0.2) is 4.79 Å². The molecule has 0 aliphatic rings. The second-order valence-electron chi connectivity index (χ2n) is 11.0. The highest BCUT2D eigenvalue weighted by Crippen LogP contribution is 2.49. The van der Waals surface area contributed by atoms with Crippen molar-refractivity contribution in [3.05, 3.63) is 0 Å². The van der Waals surface area contributed by atoms with Crippen LogP contribution in [0.25, 0.3) is 0 Å². The van der Waals surface area contributed by atoms with Crippen molar-refractivity contribution in [3.63, 3.8) is 0 Å². The van der Waals surface area contributed by atoms with Crippen molar-refractivity contribution in [2.45, 2.75) is 156 Å². The van der Waals surface area contributed by atoms with E-state index in [-0.39, 0.29) is 31.2 Å². The second-order valence-corrected chi connectivity index (χ2v) is 13.2. The molecule has 0 saturated heterocycles. The van der Waals surface area contributed by atoms with Gasteiger partial charge in [-0.15, -0.1) is 0 Å². The third kappa shape index (κ3) is 27.1. The Morgan fingerprint density at radius 1 is 0.550 bits per heavy atom. The zero-order valence-corrected chi connectivity index (χ0v) is 27.3. The molecular formula is C31H64N3O5P. The molecule has 0 fully saturated rings. The second kappa shape index (κ2) is 29.4. The van der Waals surface area contributed by atoms with E-state index in [9.17, 15) is 14.2 Å². The molecule has 0 heterocycles. The summed E-state index contributed by atoms with van der Waals surface area (Å²) in [4.78, 5) is 24.1. The average molecular weight is 590 g/mol. The SMILES string of the molecule is CCCCCCCCCCCCCCCCCCNC(=O)NCNC(=O)CCP(=O)(OCCCC)OCCCC. The smallest absolute Gasteiger partial charge is 0.331 e. The van der Waals surface area contributed by atoms with Crippen LogP contribution in [0.5, 0.6) is 0 Å². The lowest BCUT2D eigenvalue weighted by molar-refractivity contribution is -0.120. The first kappa shape index (κ1) is 38.9. The third-order valence-electron chi connectivity index (χ3n) is 7.03. The van der Waals surface area contributed by atoms with Crippen LogP contribution in [-0.4, -0.2) is 44.5 Å². The van der Waals surface area contributed by atoms with E-state index in [0.29, 0.717) is 19.8 Å². The summed E-state index contributed by atoms with van der Waals surface area (Å²) in [6, 6.07) is -0.294. The van der Waals surface area contributed by atoms with Crippen LogP contribution < -0.4 is 16.0 Å². The molecule has 0 radical (unpaired) electrons.